The predicted molar refractivity (Wildman–Crippen MR) is 270 cm³/mol. The third-order valence-electron chi connectivity index (χ3n) is 13.7. The molecule has 0 unspecified atom stereocenters. The summed E-state index contributed by atoms with van der Waals surface area (Å²) in [6.07, 6.45) is 22.9. The van der Waals surface area contributed by atoms with Crippen LogP contribution in [0.25, 0.3) is 0 Å². The van der Waals surface area contributed by atoms with Crippen LogP contribution in [0, 0.1) is 31.6 Å². The Morgan fingerprint density at radius 1 is 0.696 bits per heavy atom. The summed E-state index contributed by atoms with van der Waals surface area (Å²) in [7, 11) is 0. The Morgan fingerprint density at radius 3 is 1.61 bits per heavy atom. The fourth-order valence-corrected chi connectivity index (χ4v) is 10.6. The Morgan fingerprint density at radius 2 is 1.17 bits per heavy atom. The van der Waals surface area contributed by atoms with E-state index < -0.39 is 5.97 Å². The first-order valence-corrected chi connectivity index (χ1v) is 26.4. The quantitative estimate of drug-likeness (QED) is 0.102. The van der Waals surface area contributed by atoms with E-state index in [0.29, 0.717) is 53.5 Å². The Labute approximate surface area is 423 Å². The maximum absolute atomic E-state index is 13.0. The topological polar surface area (TPSA) is 196 Å². The Bertz CT molecular complexity index is 2280. The van der Waals surface area contributed by atoms with Crippen molar-refractivity contribution in [2.24, 2.45) is 17.8 Å². The van der Waals surface area contributed by atoms with Crippen molar-refractivity contribution in [2.45, 2.75) is 155 Å². The molecule has 0 bridgehead atoms. The molecule has 0 atom stereocenters. The number of carbonyl (C=O) groups excluding carboxylic acids is 3. The van der Waals surface area contributed by atoms with Crippen LogP contribution in [0.1, 0.15) is 142 Å². The van der Waals surface area contributed by atoms with E-state index in [0.717, 1.165) is 143 Å². The average molecular weight is 1080 g/mol. The number of halogens is 2. The zero-order valence-corrected chi connectivity index (χ0v) is 43.9. The van der Waals surface area contributed by atoms with E-state index in [2.05, 4.69) is 62.7 Å². The highest BCUT2D eigenvalue weighted by molar-refractivity contribution is 9.10. The highest BCUT2D eigenvalue weighted by Crippen LogP contribution is 2.32. The van der Waals surface area contributed by atoms with Crippen molar-refractivity contribution in [3.63, 3.8) is 0 Å². The van der Waals surface area contributed by atoms with E-state index in [1.807, 2.05) is 53.9 Å². The number of aromatic carboxylic acids is 1. The summed E-state index contributed by atoms with van der Waals surface area (Å²) in [5.41, 5.74) is 2.72. The molecule has 0 radical (unpaired) electrons. The number of hydrogen-bond donors (Lipinski definition) is 3. The van der Waals surface area contributed by atoms with Crippen molar-refractivity contribution in [1.29, 1.82) is 0 Å². The lowest BCUT2D eigenvalue weighted by Crippen LogP contribution is -2.41. The molecule has 0 spiro atoms. The molecule has 2 saturated heterocycles. The Balaban J connectivity index is 0.000000195. The van der Waals surface area contributed by atoms with Crippen LogP contribution in [0.2, 0.25) is 0 Å². The van der Waals surface area contributed by atoms with E-state index in [1.165, 1.54) is 0 Å². The van der Waals surface area contributed by atoms with Gasteiger partial charge in [-0.05, 0) is 185 Å². The summed E-state index contributed by atoms with van der Waals surface area (Å²) in [5.74, 6) is 2.47. The van der Waals surface area contributed by atoms with Gasteiger partial charge in [0, 0.05) is 81.5 Å². The molecule has 0 aromatic carbocycles. The van der Waals surface area contributed by atoms with Crippen molar-refractivity contribution < 1.29 is 33.8 Å². The SMILES string of the molecule is CC(=O)CC1CCN(C(=O)c2nn(CCC3CCC(Oc4ncccc4C)CC3)cc2Br)CC1.CC(=O)NC1CCNCC1.Cc1cccnc1OC1CCC(CCn2cc(Br)c(C(=O)O)n2)CC1. The number of aryl methyl sites for hydroxylation is 4. The fraction of sp³-hybridized carbons (Fsp3) is 0.608. The number of aromatic nitrogens is 6. The number of nitrogens with one attached hydrogen (secondary N) is 2. The smallest absolute Gasteiger partial charge is 0.357 e. The van der Waals surface area contributed by atoms with E-state index >= 15 is 0 Å². The van der Waals surface area contributed by atoms with Gasteiger partial charge in [0.15, 0.2) is 11.4 Å². The van der Waals surface area contributed by atoms with Gasteiger partial charge in [0.1, 0.15) is 18.0 Å². The Kier molecular flexibility index (Phi) is 21.1. The van der Waals surface area contributed by atoms with Gasteiger partial charge in [-0.1, -0.05) is 12.1 Å². The second kappa shape index (κ2) is 27.1. The molecule has 4 aliphatic rings. The van der Waals surface area contributed by atoms with Gasteiger partial charge in [-0.25, -0.2) is 14.8 Å². The number of ether oxygens (including phenoxy) is 2. The first-order chi connectivity index (χ1) is 33.2. The molecule has 69 heavy (non-hydrogen) atoms. The van der Waals surface area contributed by atoms with Gasteiger partial charge in [-0.2, -0.15) is 10.2 Å². The summed E-state index contributed by atoms with van der Waals surface area (Å²) in [4.78, 5) is 56.5. The third-order valence-corrected chi connectivity index (χ3v) is 14.8. The van der Waals surface area contributed by atoms with Gasteiger partial charge in [-0.3, -0.25) is 19.0 Å². The maximum Gasteiger partial charge on any atom is 0.357 e. The summed E-state index contributed by atoms with van der Waals surface area (Å²) < 4.78 is 17.1. The number of carbonyl (C=O) groups is 4. The fourth-order valence-electron chi connectivity index (χ4n) is 9.67. The predicted octanol–water partition coefficient (Wildman–Crippen LogP) is 9.16. The van der Waals surface area contributed by atoms with Crippen molar-refractivity contribution in [1.82, 2.24) is 45.1 Å². The minimum atomic E-state index is -1.01. The second-order valence-electron chi connectivity index (χ2n) is 19.2. The van der Waals surface area contributed by atoms with Crippen LogP contribution in [0.3, 0.4) is 0 Å². The molecule has 3 N–H and O–H groups in total. The van der Waals surface area contributed by atoms with E-state index in [-0.39, 0.29) is 35.5 Å². The molecule has 2 saturated carbocycles. The highest BCUT2D eigenvalue weighted by atomic mass is 79.9. The maximum atomic E-state index is 13.0. The average Bonchev–Trinajstić information content (AvgIpc) is 3.91. The number of amides is 2. The molecule has 376 valence electrons. The van der Waals surface area contributed by atoms with Crippen LogP contribution in [-0.2, 0) is 22.7 Å². The van der Waals surface area contributed by atoms with E-state index in [1.54, 1.807) is 37.1 Å². The van der Waals surface area contributed by atoms with Crippen LogP contribution in [-0.4, -0.2) is 108 Å². The van der Waals surface area contributed by atoms with Crippen LogP contribution in [0.5, 0.6) is 11.8 Å². The first-order valence-electron chi connectivity index (χ1n) is 24.8. The lowest BCUT2D eigenvalue weighted by atomic mass is 9.85. The second-order valence-corrected chi connectivity index (χ2v) is 20.9. The number of rotatable bonds is 15. The Hall–Kier alpha value is -4.68. The van der Waals surface area contributed by atoms with Gasteiger partial charge in [0.2, 0.25) is 17.7 Å². The van der Waals surface area contributed by atoms with Crippen LogP contribution < -0.4 is 20.1 Å². The molecule has 2 aliphatic heterocycles. The van der Waals surface area contributed by atoms with E-state index in [4.69, 9.17) is 14.6 Å². The number of piperidine rings is 2. The monoisotopic (exact) mass is 1080 g/mol. The molecule has 4 fully saturated rings. The number of pyridine rings is 2. The molecule has 18 heteroatoms. The summed E-state index contributed by atoms with van der Waals surface area (Å²) in [6, 6.07) is 8.32. The lowest BCUT2D eigenvalue weighted by molar-refractivity contribution is -0.120. The first kappa shape index (κ1) is 53.7. The van der Waals surface area contributed by atoms with Crippen LogP contribution >= 0.6 is 31.9 Å². The van der Waals surface area contributed by atoms with Gasteiger partial charge in [0.25, 0.3) is 5.91 Å². The number of carboxylic acid groups (broad SMARTS) is 1. The van der Waals surface area contributed by atoms with Crippen molar-refractivity contribution in [2.75, 3.05) is 26.2 Å². The van der Waals surface area contributed by atoms with Crippen LogP contribution in [0.15, 0.2) is 58.0 Å². The van der Waals surface area contributed by atoms with Gasteiger partial charge >= 0.3 is 5.97 Å². The number of nitrogens with zero attached hydrogens (tertiary/aromatic N) is 7. The molecule has 2 aliphatic carbocycles. The zero-order chi connectivity index (χ0) is 49.3. The van der Waals surface area contributed by atoms with E-state index in [9.17, 15) is 19.2 Å². The zero-order valence-electron chi connectivity index (χ0n) is 40.7. The minimum Gasteiger partial charge on any atom is -0.476 e. The summed E-state index contributed by atoms with van der Waals surface area (Å²) >= 11 is 6.78. The van der Waals surface area contributed by atoms with Crippen molar-refractivity contribution in [3.8, 4) is 11.8 Å². The minimum absolute atomic E-state index is 0.0191. The molecular weight excluding hydrogens is 1010 g/mol. The number of likely N-dealkylation sites (tertiary alicyclic amines) is 1. The summed E-state index contributed by atoms with van der Waals surface area (Å²) in [6.45, 7) is 12.3. The molecule has 16 nitrogen and oxygen atoms in total. The lowest BCUT2D eigenvalue weighted by Gasteiger charge is -2.31. The van der Waals surface area contributed by atoms with Crippen molar-refractivity contribution >= 4 is 55.4 Å². The standard InChI is InChI=1S/C26H35BrN4O3.C18H22BrN3O3.C7H14N2O/c1-18-4-3-12-28-25(18)34-22-7-5-20(6-8-22)11-15-31-17-23(27)24(29-31)26(33)30-13-9-21(10-14-30)16-19(2)32;1-12-3-2-9-20-17(12)25-14-6-4-13(5-7-14)8-10-22-11-15(19)16(21-22)18(23)24;1-6(10)9-7-2-4-8-5-3-7/h3-4,12,17,20-22H,5-11,13-16H2,1-2H3;2-3,9,11,13-14H,4-8,10H2,1H3,(H,23,24);7-8H,2-5H2,1H3,(H,9,10). The molecular formula is C51H71Br2N9O7. The van der Waals surface area contributed by atoms with Gasteiger partial charge in [0.05, 0.1) is 8.95 Å². The molecule has 4 aromatic heterocycles. The van der Waals surface area contributed by atoms with Gasteiger partial charge < -0.3 is 34.9 Å². The van der Waals surface area contributed by atoms with Crippen molar-refractivity contribution in [3.05, 3.63) is 80.5 Å². The molecule has 4 aromatic rings. The van der Waals surface area contributed by atoms with Gasteiger partial charge in [-0.15, -0.1) is 0 Å². The molecule has 2 amide bonds. The van der Waals surface area contributed by atoms with Crippen LogP contribution in [0.4, 0.5) is 0 Å². The molecule has 6 heterocycles. The largest absolute Gasteiger partial charge is 0.476 e. The number of hydrogen-bond acceptors (Lipinski definition) is 11. The number of Topliss-reactive ketones (excluding diaryl/α,β-unsaturated/α-hetero) is 1. The third kappa shape index (κ3) is 17.3. The molecule has 8 rings (SSSR count). The summed E-state index contributed by atoms with van der Waals surface area (Å²) in [5, 5.41) is 23.9. The number of carboxylic acids is 1. The normalized spacial score (nSPS) is 20.9. The number of ketones is 1. The highest BCUT2D eigenvalue weighted by Gasteiger charge is 2.29.